The first kappa shape index (κ1) is 29.4. The summed E-state index contributed by atoms with van der Waals surface area (Å²) >= 11 is 1.87. The van der Waals surface area contributed by atoms with Crippen LogP contribution in [0.3, 0.4) is 0 Å². The van der Waals surface area contributed by atoms with Crippen LogP contribution < -0.4 is 0 Å². The van der Waals surface area contributed by atoms with E-state index in [1.54, 1.807) is 20.9 Å². The molecule has 0 radical (unpaired) electrons. The van der Waals surface area contributed by atoms with Crippen LogP contribution >= 0.6 is 23.5 Å². The summed E-state index contributed by atoms with van der Waals surface area (Å²) in [5.74, 6) is -4.21. The van der Waals surface area contributed by atoms with E-state index < -0.39 is 64.0 Å². The van der Waals surface area contributed by atoms with Gasteiger partial charge in [-0.15, -0.1) is 0 Å². The smallest absolute Gasteiger partial charge is 0.280 e. The first-order chi connectivity index (χ1) is 21.4. The molecule has 7 heterocycles. The van der Waals surface area contributed by atoms with Gasteiger partial charge in [-0.2, -0.15) is 5.10 Å². The number of pyridine rings is 2. The number of aliphatic hydroxyl groups excluding tert-OH is 2. The number of carbonyl (C=O) groups excluding carboxylic acids is 2. The summed E-state index contributed by atoms with van der Waals surface area (Å²) in [6.07, 6.45) is -4.28. The molecule has 45 heavy (non-hydrogen) atoms. The van der Waals surface area contributed by atoms with Crippen molar-refractivity contribution in [3.05, 3.63) is 86.4 Å². The minimum absolute atomic E-state index is 0.141. The van der Waals surface area contributed by atoms with Crippen molar-refractivity contribution in [2.75, 3.05) is 0 Å². The zero-order valence-corrected chi connectivity index (χ0v) is 25.1. The molecular weight excluding hydrogens is 636 g/mol. The van der Waals surface area contributed by atoms with Gasteiger partial charge in [-0.1, -0.05) is 23.5 Å². The summed E-state index contributed by atoms with van der Waals surface area (Å²) in [6, 6.07) is 3.90. The normalized spacial score (nSPS) is 21.3. The molecule has 2 unspecified atom stereocenters. The number of rotatable bonds is 5. The zero-order valence-electron chi connectivity index (χ0n) is 23.4. The first-order valence-electron chi connectivity index (χ1n) is 13.4. The molecule has 3 aromatic rings. The number of hydrogen-bond acceptors (Lipinski definition) is 9. The molecule has 4 aliphatic rings. The zero-order chi connectivity index (χ0) is 32.1. The molecule has 4 aliphatic heterocycles. The van der Waals surface area contributed by atoms with Crippen LogP contribution in [0, 0.1) is 13.8 Å². The van der Waals surface area contributed by atoms with Crippen LogP contribution in [0.5, 0.6) is 0 Å². The van der Waals surface area contributed by atoms with Gasteiger partial charge in [0.15, 0.2) is 0 Å². The number of carbonyl (C=O) groups is 2. The fourth-order valence-electron chi connectivity index (χ4n) is 6.04. The summed E-state index contributed by atoms with van der Waals surface area (Å²) < 4.78 is 55.3. The van der Waals surface area contributed by atoms with E-state index >= 15 is 0 Å². The summed E-state index contributed by atoms with van der Waals surface area (Å²) in [5.41, 5.74) is 0.464. The first-order valence-corrected chi connectivity index (χ1v) is 15.2. The van der Waals surface area contributed by atoms with Crippen molar-refractivity contribution in [2.24, 2.45) is 17.0 Å². The SMILES string of the molecule is Cc1cc(C(F)F)nc2c1C1=NC(=O)C(C(C3=C(O)C4Sc5nc(C(F)F)cc(C)c5C4=NC3=O)c3ccnn3C)=C(O)C1S2. The fraction of sp³-hybridized carbons (Fsp3) is 0.276. The average Bonchev–Trinajstić information content (AvgIpc) is 3.67. The van der Waals surface area contributed by atoms with Crippen molar-refractivity contribution >= 4 is 46.8 Å². The standard InChI is InChI=1S/C29H20F4N6O4S2/c1-8-6-10(24(30)31)35-28-13(8)18-22(44-28)20(40)16(26(42)37-18)15(12-4-5-34-39(12)3)17-21(41)23-19(38-27(17)43)14-9(2)7-11(25(32)33)36-29(14)45-23/h4-7,15,22-25,40-41H,1-3H3. The molecule has 230 valence electrons. The van der Waals surface area contributed by atoms with Gasteiger partial charge in [0.2, 0.25) is 0 Å². The lowest BCUT2D eigenvalue weighted by atomic mass is 9.81. The van der Waals surface area contributed by atoms with E-state index in [4.69, 9.17) is 0 Å². The van der Waals surface area contributed by atoms with Gasteiger partial charge in [0, 0.05) is 24.4 Å². The lowest BCUT2D eigenvalue weighted by Crippen LogP contribution is -2.34. The van der Waals surface area contributed by atoms with Crippen molar-refractivity contribution < 1.29 is 37.4 Å². The van der Waals surface area contributed by atoms with Crippen LogP contribution in [0.25, 0.3) is 0 Å². The number of thioether (sulfide) groups is 2. The number of alkyl halides is 4. The van der Waals surface area contributed by atoms with Gasteiger partial charge in [-0.3, -0.25) is 14.3 Å². The number of aliphatic hydroxyl groups is 2. The highest BCUT2D eigenvalue weighted by molar-refractivity contribution is 8.01. The highest BCUT2D eigenvalue weighted by Gasteiger charge is 2.49. The van der Waals surface area contributed by atoms with Crippen molar-refractivity contribution in [2.45, 2.75) is 53.2 Å². The maximum Gasteiger partial charge on any atom is 0.280 e. The van der Waals surface area contributed by atoms with E-state index in [1.165, 1.54) is 29.1 Å². The molecular formula is C29H20F4N6O4S2. The summed E-state index contributed by atoms with van der Waals surface area (Å²) in [6.45, 7) is 3.16. The van der Waals surface area contributed by atoms with E-state index in [1.807, 2.05) is 0 Å². The molecule has 2 N–H and O–H groups in total. The molecule has 10 nitrogen and oxygen atoms in total. The lowest BCUT2D eigenvalue weighted by Gasteiger charge is -2.29. The van der Waals surface area contributed by atoms with E-state index in [0.717, 1.165) is 23.5 Å². The summed E-state index contributed by atoms with van der Waals surface area (Å²) in [5, 5.41) is 25.8. The van der Waals surface area contributed by atoms with Crippen molar-refractivity contribution in [3.63, 3.8) is 0 Å². The maximum atomic E-state index is 13.8. The van der Waals surface area contributed by atoms with Crippen LogP contribution in [0.2, 0.25) is 0 Å². The Morgan fingerprint density at radius 2 is 1.24 bits per heavy atom. The van der Waals surface area contributed by atoms with E-state index in [2.05, 4.69) is 25.1 Å². The Balaban J connectivity index is 1.36. The van der Waals surface area contributed by atoms with Gasteiger partial charge < -0.3 is 10.2 Å². The Morgan fingerprint density at radius 1 is 0.800 bits per heavy atom. The second-order valence-electron chi connectivity index (χ2n) is 10.7. The molecule has 7 rings (SSSR count). The molecule has 0 saturated carbocycles. The average molecular weight is 657 g/mol. The summed E-state index contributed by atoms with van der Waals surface area (Å²) in [4.78, 5) is 44.1. The van der Waals surface area contributed by atoms with Crippen molar-refractivity contribution in [3.8, 4) is 0 Å². The van der Waals surface area contributed by atoms with Crippen molar-refractivity contribution in [1.82, 2.24) is 19.7 Å². The third-order valence-electron chi connectivity index (χ3n) is 8.01. The van der Waals surface area contributed by atoms with Gasteiger partial charge in [0.1, 0.15) is 43.5 Å². The Hall–Kier alpha value is -4.31. The number of halogens is 4. The van der Waals surface area contributed by atoms with E-state index in [-0.39, 0.29) is 38.3 Å². The number of aromatic nitrogens is 4. The Kier molecular flexibility index (Phi) is 6.78. The Labute approximate surface area is 260 Å². The van der Waals surface area contributed by atoms with Crippen LogP contribution in [0.1, 0.15) is 58.1 Å². The van der Waals surface area contributed by atoms with Crippen LogP contribution in [-0.2, 0) is 16.6 Å². The lowest BCUT2D eigenvalue weighted by molar-refractivity contribution is -0.115. The molecule has 0 saturated heterocycles. The monoisotopic (exact) mass is 656 g/mol. The number of fused-ring (bicyclic) bond motifs is 6. The molecule has 3 aromatic heterocycles. The minimum atomic E-state index is -2.84. The molecule has 16 heteroatoms. The fourth-order valence-corrected chi connectivity index (χ4v) is 8.61. The van der Waals surface area contributed by atoms with E-state index in [0.29, 0.717) is 22.3 Å². The van der Waals surface area contributed by atoms with Gasteiger partial charge in [-0.05, 0) is 43.2 Å². The van der Waals surface area contributed by atoms with Crippen LogP contribution in [0.4, 0.5) is 17.6 Å². The predicted molar refractivity (Wildman–Crippen MR) is 155 cm³/mol. The third-order valence-corrected chi connectivity index (χ3v) is 10.4. The number of hydrogen-bond donors (Lipinski definition) is 2. The second-order valence-corrected chi connectivity index (χ2v) is 12.9. The highest BCUT2D eigenvalue weighted by atomic mass is 32.2. The number of nitrogens with zero attached hydrogens (tertiary/aromatic N) is 6. The third kappa shape index (κ3) is 4.36. The second kappa shape index (κ2) is 10.4. The van der Waals surface area contributed by atoms with E-state index in [9.17, 15) is 37.4 Å². The van der Waals surface area contributed by atoms with Gasteiger partial charge in [-0.25, -0.2) is 37.5 Å². The number of amides is 2. The van der Waals surface area contributed by atoms with Crippen molar-refractivity contribution in [1.29, 1.82) is 0 Å². The predicted octanol–water partition coefficient (Wildman–Crippen LogP) is 5.42. The molecule has 0 fully saturated rings. The molecule has 2 atom stereocenters. The number of dihydropyridines is 2. The molecule has 2 amide bonds. The quantitative estimate of drug-likeness (QED) is 0.344. The molecule has 0 aromatic carbocycles. The van der Waals surface area contributed by atoms with Gasteiger partial charge in [0.25, 0.3) is 24.7 Å². The van der Waals surface area contributed by atoms with Gasteiger partial charge >= 0.3 is 0 Å². The molecule has 0 aliphatic carbocycles. The topological polar surface area (TPSA) is 143 Å². The highest BCUT2D eigenvalue weighted by Crippen LogP contribution is 2.50. The number of aryl methyl sites for hydroxylation is 3. The Morgan fingerprint density at radius 3 is 1.62 bits per heavy atom. The Bertz CT molecular complexity index is 1880. The summed E-state index contributed by atoms with van der Waals surface area (Å²) in [7, 11) is 1.54. The molecule has 0 spiro atoms. The number of aliphatic imine (C=N–C) groups is 2. The molecule has 0 bridgehead atoms. The maximum absolute atomic E-state index is 13.8. The van der Waals surface area contributed by atoms with Crippen LogP contribution in [-0.4, -0.2) is 63.7 Å². The minimum Gasteiger partial charge on any atom is -0.510 e. The largest absolute Gasteiger partial charge is 0.510 e. The van der Waals surface area contributed by atoms with Crippen LogP contribution in [0.15, 0.2) is 67.1 Å². The van der Waals surface area contributed by atoms with Gasteiger partial charge in [0.05, 0.1) is 34.2 Å².